The molecule has 86 valence electrons. The number of aromatic nitrogens is 1. The van der Waals surface area contributed by atoms with Crippen molar-refractivity contribution in [3.8, 4) is 5.75 Å². The third kappa shape index (κ3) is 2.42. The van der Waals surface area contributed by atoms with Gasteiger partial charge in [0.05, 0.1) is 9.63 Å². The molecule has 0 saturated carbocycles. The van der Waals surface area contributed by atoms with E-state index in [2.05, 4.69) is 25.4 Å². The minimum absolute atomic E-state index is 0.0472. The molecule has 2 aromatic rings. The number of H-pyrrole nitrogens is 1. The smallest absolute Gasteiger partial charge is 0.403 e. The Morgan fingerprint density at radius 3 is 2.75 bits per heavy atom. The zero-order valence-electron chi connectivity index (χ0n) is 7.65. The largest absolute Gasteiger partial charge is 0.524 e. The number of hydrogen-bond acceptors (Lipinski definition) is 2. The standard InChI is InChI=1S/C8H6BrClNO4P/c9-7-3-4-5(11-7)1-2-6(8(4)10)15-16(12,13)14/h1-3,11H,(H2,12,13,14). The maximum absolute atomic E-state index is 10.7. The number of fused-ring (bicyclic) bond motifs is 1. The molecule has 0 aliphatic rings. The zero-order chi connectivity index (χ0) is 11.9. The number of rotatable bonds is 2. The first-order chi connectivity index (χ1) is 7.37. The van der Waals surface area contributed by atoms with Crippen molar-refractivity contribution in [3.05, 3.63) is 27.8 Å². The summed E-state index contributed by atoms with van der Waals surface area (Å²) in [7, 11) is -4.59. The number of phosphoric ester groups is 1. The Hall–Kier alpha value is -0.520. The number of hydrogen-bond donors (Lipinski definition) is 3. The molecule has 0 aliphatic carbocycles. The summed E-state index contributed by atoms with van der Waals surface area (Å²) in [5.74, 6) is -0.0472. The molecule has 0 bridgehead atoms. The van der Waals surface area contributed by atoms with Crippen LogP contribution in [0.1, 0.15) is 0 Å². The third-order valence-electron chi connectivity index (χ3n) is 1.89. The van der Waals surface area contributed by atoms with Crippen LogP contribution in [0.2, 0.25) is 5.02 Å². The average Bonchev–Trinajstić information content (AvgIpc) is 2.50. The van der Waals surface area contributed by atoms with Gasteiger partial charge < -0.3 is 9.51 Å². The minimum Gasteiger partial charge on any atom is -0.403 e. The van der Waals surface area contributed by atoms with E-state index in [1.54, 1.807) is 12.1 Å². The highest BCUT2D eigenvalue weighted by Crippen LogP contribution is 2.43. The highest BCUT2D eigenvalue weighted by atomic mass is 79.9. The molecule has 0 radical (unpaired) electrons. The van der Waals surface area contributed by atoms with E-state index in [1.807, 2.05) is 0 Å². The lowest BCUT2D eigenvalue weighted by atomic mass is 10.2. The average molecular weight is 326 g/mol. The van der Waals surface area contributed by atoms with Crippen LogP contribution in [-0.2, 0) is 4.57 Å². The van der Waals surface area contributed by atoms with Crippen LogP contribution in [0.5, 0.6) is 5.75 Å². The first kappa shape index (κ1) is 12.0. The van der Waals surface area contributed by atoms with Crippen LogP contribution in [0.15, 0.2) is 22.8 Å². The molecule has 3 N–H and O–H groups in total. The second-order valence-electron chi connectivity index (χ2n) is 3.04. The summed E-state index contributed by atoms with van der Waals surface area (Å²) in [5, 5.41) is 0.780. The first-order valence-corrected chi connectivity index (χ1v) is 6.79. The van der Waals surface area contributed by atoms with Crippen LogP contribution in [0.3, 0.4) is 0 Å². The van der Waals surface area contributed by atoms with Gasteiger partial charge in [-0.3, -0.25) is 9.79 Å². The van der Waals surface area contributed by atoms with E-state index in [-0.39, 0.29) is 10.8 Å². The zero-order valence-corrected chi connectivity index (χ0v) is 10.9. The van der Waals surface area contributed by atoms with Crippen molar-refractivity contribution in [1.82, 2.24) is 4.98 Å². The van der Waals surface area contributed by atoms with Crippen molar-refractivity contribution in [2.45, 2.75) is 0 Å². The second-order valence-corrected chi connectivity index (χ2v) is 5.43. The summed E-state index contributed by atoms with van der Waals surface area (Å²) in [5.41, 5.74) is 0.745. The van der Waals surface area contributed by atoms with Crippen molar-refractivity contribution < 1.29 is 18.9 Å². The summed E-state index contributed by atoms with van der Waals surface area (Å²) in [4.78, 5) is 20.3. The summed E-state index contributed by atoms with van der Waals surface area (Å²) in [6.45, 7) is 0. The molecule has 0 atom stereocenters. The summed E-state index contributed by atoms with van der Waals surface area (Å²) in [6, 6.07) is 4.72. The van der Waals surface area contributed by atoms with E-state index in [1.165, 1.54) is 6.07 Å². The van der Waals surface area contributed by atoms with E-state index < -0.39 is 7.82 Å². The monoisotopic (exact) mass is 325 g/mol. The van der Waals surface area contributed by atoms with Gasteiger partial charge >= 0.3 is 7.82 Å². The van der Waals surface area contributed by atoms with Gasteiger partial charge in [0, 0.05) is 10.9 Å². The fraction of sp³-hybridized carbons (Fsp3) is 0. The van der Waals surface area contributed by atoms with E-state index >= 15 is 0 Å². The fourth-order valence-corrected chi connectivity index (χ4v) is 2.48. The quantitative estimate of drug-likeness (QED) is 0.741. The van der Waals surface area contributed by atoms with Gasteiger partial charge in [-0.2, -0.15) is 0 Å². The highest BCUT2D eigenvalue weighted by Gasteiger charge is 2.19. The van der Waals surface area contributed by atoms with Crippen LogP contribution in [0.25, 0.3) is 10.9 Å². The summed E-state index contributed by atoms with van der Waals surface area (Å²) >= 11 is 9.19. The molecule has 1 heterocycles. The number of nitrogens with one attached hydrogen (secondary N) is 1. The Bertz CT molecular complexity index is 593. The molecule has 1 aromatic carbocycles. The topological polar surface area (TPSA) is 82.6 Å². The molecule has 8 heteroatoms. The molecular formula is C8H6BrClNO4P. The lowest BCUT2D eigenvalue weighted by Gasteiger charge is -2.08. The van der Waals surface area contributed by atoms with Gasteiger partial charge in [0.2, 0.25) is 0 Å². The van der Waals surface area contributed by atoms with E-state index in [4.69, 9.17) is 21.4 Å². The first-order valence-electron chi connectivity index (χ1n) is 4.09. The van der Waals surface area contributed by atoms with Gasteiger partial charge in [-0.1, -0.05) is 11.6 Å². The van der Waals surface area contributed by atoms with E-state index in [0.29, 0.717) is 5.39 Å². The Morgan fingerprint density at radius 1 is 1.44 bits per heavy atom. The van der Waals surface area contributed by atoms with Gasteiger partial charge in [0.1, 0.15) is 0 Å². The SMILES string of the molecule is O=P(O)(O)Oc1ccc2[nH]c(Br)cc2c1Cl. The number of halogens is 2. The Kier molecular flexibility index (Phi) is 3.03. The van der Waals surface area contributed by atoms with Crippen molar-refractivity contribution in [2.75, 3.05) is 0 Å². The molecule has 0 saturated heterocycles. The normalized spacial score (nSPS) is 12.0. The van der Waals surface area contributed by atoms with Crippen LogP contribution in [0.4, 0.5) is 0 Å². The molecule has 0 amide bonds. The van der Waals surface area contributed by atoms with Gasteiger partial charge in [0.25, 0.3) is 0 Å². The molecule has 0 fully saturated rings. The van der Waals surface area contributed by atoms with Crippen molar-refractivity contribution in [2.24, 2.45) is 0 Å². The van der Waals surface area contributed by atoms with Crippen molar-refractivity contribution in [3.63, 3.8) is 0 Å². The molecule has 5 nitrogen and oxygen atoms in total. The summed E-state index contributed by atoms with van der Waals surface area (Å²) < 4.78 is 15.9. The van der Waals surface area contributed by atoms with Gasteiger partial charge in [-0.25, -0.2) is 4.57 Å². The number of benzene rings is 1. The second kappa shape index (κ2) is 4.05. The molecule has 16 heavy (non-hydrogen) atoms. The molecular weight excluding hydrogens is 320 g/mol. The van der Waals surface area contributed by atoms with Gasteiger partial charge in [-0.15, -0.1) is 0 Å². The maximum Gasteiger partial charge on any atom is 0.524 e. The predicted molar refractivity (Wildman–Crippen MR) is 63.7 cm³/mol. The Morgan fingerprint density at radius 2 is 2.12 bits per heavy atom. The fourth-order valence-electron chi connectivity index (χ4n) is 1.31. The number of phosphoric acid groups is 1. The van der Waals surface area contributed by atoms with Crippen LogP contribution < -0.4 is 4.52 Å². The van der Waals surface area contributed by atoms with Crippen LogP contribution in [0, 0.1) is 0 Å². The molecule has 1 aromatic heterocycles. The van der Waals surface area contributed by atoms with Crippen LogP contribution >= 0.6 is 35.4 Å². The van der Waals surface area contributed by atoms with Gasteiger partial charge in [-0.05, 0) is 34.1 Å². The Balaban J connectivity index is 2.56. The Labute approximate surface area is 104 Å². The molecule has 0 unspecified atom stereocenters. The molecule has 0 aliphatic heterocycles. The predicted octanol–water partition coefficient (Wildman–Crippen LogP) is 3.06. The van der Waals surface area contributed by atoms with E-state index in [0.717, 1.165) is 10.1 Å². The van der Waals surface area contributed by atoms with Crippen molar-refractivity contribution >= 4 is 46.3 Å². The lowest BCUT2D eigenvalue weighted by molar-refractivity contribution is 0.283. The van der Waals surface area contributed by atoms with Crippen LogP contribution in [-0.4, -0.2) is 14.8 Å². The highest BCUT2D eigenvalue weighted by molar-refractivity contribution is 9.10. The summed E-state index contributed by atoms with van der Waals surface area (Å²) in [6.07, 6.45) is 0. The maximum atomic E-state index is 10.7. The molecule has 2 rings (SSSR count). The lowest BCUT2D eigenvalue weighted by Crippen LogP contribution is -1.90. The molecule has 0 spiro atoms. The third-order valence-corrected chi connectivity index (χ3v) is 3.14. The minimum atomic E-state index is -4.59. The van der Waals surface area contributed by atoms with E-state index in [9.17, 15) is 4.57 Å². The van der Waals surface area contributed by atoms with Gasteiger partial charge in [0.15, 0.2) is 5.75 Å². The van der Waals surface area contributed by atoms with Crippen molar-refractivity contribution in [1.29, 1.82) is 0 Å². The number of aromatic amines is 1.